The summed E-state index contributed by atoms with van der Waals surface area (Å²) in [4.78, 5) is 4.31. The largest absolute Gasteiger partial charge is 0.255 e. The summed E-state index contributed by atoms with van der Waals surface area (Å²) in [5.74, 6) is 0. The summed E-state index contributed by atoms with van der Waals surface area (Å²) in [6.07, 6.45) is 1.88. The third-order valence-corrected chi connectivity index (χ3v) is 2.87. The van der Waals surface area contributed by atoms with Crippen LogP contribution in [0.15, 0.2) is 30.5 Å². The Hall–Kier alpha value is 0.0900. The molecule has 0 atom stereocenters. The third-order valence-electron chi connectivity index (χ3n) is 1.61. The van der Waals surface area contributed by atoms with Crippen LogP contribution in [0.25, 0.3) is 10.9 Å². The Morgan fingerprint density at radius 1 is 1.00 bits per heavy atom. The Bertz CT molecular complexity index is 389. The van der Waals surface area contributed by atoms with Gasteiger partial charge in [0, 0.05) is 18.7 Å². The van der Waals surface area contributed by atoms with Crippen molar-refractivity contribution in [3.8, 4) is 0 Å². The number of nitrogens with zero attached hydrogens (tertiary/aromatic N) is 1. The molecule has 0 amide bonds. The lowest BCUT2D eigenvalue weighted by atomic mass is 10.2. The van der Waals surface area contributed by atoms with Crippen LogP contribution in [0.3, 0.4) is 0 Å². The highest BCUT2D eigenvalue weighted by molar-refractivity contribution is 14.1. The van der Waals surface area contributed by atoms with Gasteiger partial charge in [-0.2, -0.15) is 0 Å². The van der Waals surface area contributed by atoms with Crippen LogP contribution in [0.1, 0.15) is 0 Å². The van der Waals surface area contributed by atoms with Crippen LogP contribution < -0.4 is 0 Å². The molecule has 2 rings (SSSR count). The first-order valence-corrected chi connectivity index (χ1v) is 5.62. The molecule has 0 saturated heterocycles. The molecule has 60 valence electrons. The summed E-state index contributed by atoms with van der Waals surface area (Å²) in [5.41, 5.74) is 1.07. The first kappa shape index (κ1) is 8.68. The van der Waals surface area contributed by atoms with Crippen LogP contribution in [0.5, 0.6) is 0 Å². The summed E-state index contributed by atoms with van der Waals surface area (Å²) in [5, 5.41) is 1.22. The summed E-state index contributed by atoms with van der Waals surface area (Å²) in [7, 11) is 0. The van der Waals surface area contributed by atoms with E-state index in [1.807, 2.05) is 12.3 Å². The average molecular weight is 381 g/mol. The number of hydrogen-bond acceptors (Lipinski definition) is 1. The van der Waals surface area contributed by atoms with Gasteiger partial charge in [-0.15, -0.1) is 0 Å². The molecule has 0 saturated carbocycles. The summed E-state index contributed by atoms with van der Waals surface area (Å²) >= 11 is 4.58. The van der Waals surface area contributed by atoms with E-state index in [1.54, 1.807) is 0 Å². The van der Waals surface area contributed by atoms with Crippen molar-refractivity contribution >= 4 is 56.1 Å². The molecule has 3 heteroatoms. The zero-order chi connectivity index (χ0) is 8.55. The van der Waals surface area contributed by atoms with Gasteiger partial charge in [0.25, 0.3) is 0 Å². The molecular formula is C9H5I2N. The fraction of sp³-hybridized carbons (Fsp3) is 0. The second-order valence-corrected chi connectivity index (χ2v) is 4.98. The second-order valence-electron chi connectivity index (χ2n) is 2.49. The van der Waals surface area contributed by atoms with Gasteiger partial charge >= 0.3 is 0 Å². The number of hydrogen-bond donors (Lipinski definition) is 0. The van der Waals surface area contributed by atoms with E-state index in [4.69, 9.17) is 0 Å². The van der Waals surface area contributed by atoms with Gasteiger partial charge in [-0.05, 0) is 69.4 Å². The maximum Gasteiger partial charge on any atom is 0.0703 e. The first-order valence-electron chi connectivity index (χ1n) is 3.46. The molecule has 0 fully saturated rings. The summed E-state index contributed by atoms with van der Waals surface area (Å²) < 4.78 is 2.44. The van der Waals surface area contributed by atoms with Crippen LogP contribution in [0.4, 0.5) is 0 Å². The van der Waals surface area contributed by atoms with Crippen LogP contribution in [-0.2, 0) is 0 Å². The number of benzene rings is 1. The predicted molar refractivity (Wildman–Crippen MR) is 67.2 cm³/mol. The van der Waals surface area contributed by atoms with E-state index in [9.17, 15) is 0 Å². The molecule has 2 aromatic rings. The standard InChI is InChI=1S/C9H5I2N/c10-7-1-2-9-6(3-7)4-8(11)5-12-9/h1-5H. The molecule has 0 spiro atoms. The molecule has 0 unspecified atom stereocenters. The Morgan fingerprint density at radius 2 is 1.75 bits per heavy atom. The highest BCUT2D eigenvalue weighted by Gasteiger charge is 1.95. The van der Waals surface area contributed by atoms with Crippen molar-refractivity contribution in [1.82, 2.24) is 4.98 Å². The van der Waals surface area contributed by atoms with Crippen molar-refractivity contribution in [3.63, 3.8) is 0 Å². The quantitative estimate of drug-likeness (QED) is 0.638. The van der Waals surface area contributed by atoms with Crippen LogP contribution in [-0.4, -0.2) is 4.98 Å². The van der Waals surface area contributed by atoms with Crippen molar-refractivity contribution in [2.75, 3.05) is 0 Å². The lowest BCUT2D eigenvalue weighted by molar-refractivity contribution is 1.38. The lowest BCUT2D eigenvalue weighted by Crippen LogP contribution is -1.80. The SMILES string of the molecule is Ic1ccc2ncc(I)cc2c1. The monoisotopic (exact) mass is 381 g/mol. The Kier molecular flexibility index (Phi) is 2.49. The van der Waals surface area contributed by atoms with Gasteiger partial charge in [-0.1, -0.05) is 0 Å². The van der Waals surface area contributed by atoms with Gasteiger partial charge < -0.3 is 0 Å². The molecule has 1 aromatic heterocycles. The van der Waals surface area contributed by atoms with Crippen molar-refractivity contribution in [2.24, 2.45) is 0 Å². The zero-order valence-corrected chi connectivity index (χ0v) is 10.4. The van der Waals surface area contributed by atoms with Gasteiger partial charge in [-0.3, -0.25) is 4.98 Å². The maximum atomic E-state index is 4.31. The molecule has 12 heavy (non-hydrogen) atoms. The van der Waals surface area contributed by atoms with Crippen molar-refractivity contribution in [1.29, 1.82) is 0 Å². The van der Waals surface area contributed by atoms with Crippen molar-refractivity contribution < 1.29 is 0 Å². The number of halogens is 2. The molecule has 1 aromatic carbocycles. The minimum atomic E-state index is 1.07. The summed E-state index contributed by atoms with van der Waals surface area (Å²) in [6.45, 7) is 0. The van der Waals surface area contributed by atoms with E-state index in [0.29, 0.717) is 0 Å². The van der Waals surface area contributed by atoms with E-state index >= 15 is 0 Å². The molecule has 0 aliphatic heterocycles. The normalized spacial score (nSPS) is 10.5. The second kappa shape index (κ2) is 3.45. The van der Waals surface area contributed by atoms with Crippen LogP contribution in [0.2, 0.25) is 0 Å². The number of rotatable bonds is 0. The zero-order valence-electron chi connectivity index (χ0n) is 6.09. The van der Waals surface area contributed by atoms with E-state index < -0.39 is 0 Å². The van der Waals surface area contributed by atoms with Crippen LogP contribution >= 0.6 is 45.2 Å². The first-order chi connectivity index (χ1) is 5.75. The minimum Gasteiger partial charge on any atom is -0.255 e. The number of pyridine rings is 1. The number of aromatic nitrogens is 1. The highest BCUT2D eigenvalue weighted by Crippen LogP contribution is 2.17. The van der Waals surface area contributed by atoms with E-state index in [0.717, 1.165) is 5.52 Å². The Morgan fingerprint density at radius 3 is 2.58 bits per heavy atom. The third kappa shape index (κ3) is 1.71. The fourth-order valence-electron chi connectivity index (χ4n) is 1.08. The molecule has 0 aliphatic rings. The lowest BCUT2D eigenvalue weighted by Gasteiger charge is -1.97. The topological polar surface area (TPSA) is 12.9 Å². The molecule has 0 bridgehead atoms. The molecule has 1 nitrogen and oxygen atoms in total. The van der Waals surface area contributed by atoms with E-state index in [2.05, 4.69) is 68.4 Å². The molecule has 0 N–H and O–H groups in total. The van der Waals surface area contributed by atoms with E-state index in [-0.39, 0.29) is 0 Å². The fourth-order valence-corrected chi connectivity index (χ4v) is 2.07. The van der Waals surface area contributed by atoms with Gasteiger partial charge in [0.1, 0.15) is 0 Å². The van der Waals surface area contributed by atoms with Gasteiger partial charge in [0.05, 0.1) is 5.52 Å². The number of fused-ring (bicyclic) bond motifs is 1. The van der Waals surface area contributed by atoms with Crippen LogP contribution in [0, 0.1) is 7.14 Å². The average Bonchev–Trinajstić information content (AvgIpc) is 2.03. The Labute approximate surface area is 97.9 Å². The molecular weight excluding hydrogens is 376 g/mol. The minimum absolute atomic E-state index is 1.07. The molecule has 0 radical (unpaired) electrons. The van der Waals surface area contributed by atoms with Gasteiger partial charge in [0.2, 0.25) is 0 Å². The van der Waals surface area contributed by atoms with Gasteiger partial charge in [0.15, 0.2) is 0 Å². The van der Waals surface area contributed by atoms with Gasteiger partial charge in [-0.25, -0.2) is 0 Å². The molecule has 0 aliphatic carbocycles. The maximum absolute atomic E-state index is 4.31. The van der Waals surface area contributed by atoms with E-state index in [1.165, 1.54) is 12.5 Å². The van der Waals surface area contributed by atoms with Crippen molar-refractivity contribution in [2.45, 2.75) is 0 Å². The molecule has 1 heterocycles. The predicted octanol–water partition coefficient (Wildman–Crippen LogP) is 3.44. The highest BCUT2D eigenvalue weighted by atomic mass is 127. The van der Waals surface area contributed by atoms with Crippen molar-refractivity contribution in [3.05, 3.63) is 37.6 Å². The Balaban J connectivity index is 2.80. The smallest absolute Gasteiger partial charge is 0.0703 e. The summed E-state index contributed by atoms with van der Waals surface area (Å²) in [6, 6.07) is 8.41.